The summed E-state index contributed by atoms with van der Waals surface area (Å²) in [5.41, 5.74) is -0.860. The second kappa shape index (κ2) is 13.4. The standard InChI is InChI=1S/C35H42ClN3O6/c1-5-20-37(26-14-16-27(17-15-26)44-7-3)31(41)28-29-32(42)39(22-8-9-23-40)30(35(29)19-18-34(28,4)45-35)33(43)38(21-6-2)25-12-10-24(36)11-13-25/h5-6,10-17,28-30,40H,1-2,7-9,18-23H2,3-4H3/t28-,29+,30?,34+,35?/m1/s1. The zero-order valence-electron chi connectivity index (χ0n) is 26.0. The number of likely N-dealkylation sites (tertiary alicyclic amines) is 1. The molecule has 3 heterocycles. The number of anilines is 2. The summed E-state index contributed by atoms with van der Waals surface area (Å²) in [5.74, 6) is -1.79. The first-order valence-electron chi connectivity index (χ1n) is 15.6. The summed E-state index contributed by atoms with van der Waals surface area (Å²) in [5, 5.41) is 10.0. The highest BCUT2D eigenvalue weighted by atomic mass is 35.5. The molecule has 10 heteroatoms. The van der Waals surface area contributed by atoms with Crippen LogP contribution in [0.15, 0.2) is 73.8 Å². The number of aliphatic hydroxyl groups is 1. The summed E-state index contributed by atoms with van der Waals surface area (Å²) in [4.78, 5) is 48.6. The van der Waals surface area contributed by atoms with Crippen molar-refractivity contribution in [2.75, 3.05) is 42.6 Å². The van der Waals surface area contributed by atoms with Crippen LogP contribution < -0.4 is 14.5 Å². The molecule has 1 spiro atoms. The zero-order chi connectivity index (χ0) is 32.4. The number of rotatable bonds is 14. The molecule has 2 unspecified atom stereocenters. The lowest BCUT2D eigenvalue weighted by Crippen LogP contribution is -2.56. The molecule has 0 aromatic heterocycles. The van der Waals surface area contributed by atoms with Crippen molar-refractivity contribution >= 4 is 40.7 Å². The third-order valence-electron chi connectivity index (χ3n) is 9.34. The Morgan fingerprint density at radius 3 is 2.20 bits per heavy atom. The number of fused-ring (bicyclic) bond motifs is 1. The van der Waals surface area contributed by atoms with E-state index >= 15 is 0 Å². The molecule has 0 saturated carbocycles. The highest BCUT2D eigenvalue weighted by Gasteiger charge is 2.78. The molecule has 5 rings (SSSR count). The molecule has 5 atom stereocenters. The quantitative estimate of drug-likeness (QED) is 0.231. The van der Waals surface area contributed by atoms with Crippen molar-refractivity contribution in [2.24, 2.45) is 11.8 Å². The summed E-state index contributed by atoms with van der Waals surface area (Å²) in [6.07, 6.45) is 5.26. The van der Waals surface area contributed by atoms with Gasteiger partial charge in [0.15, 0.2) is 0 Å². The summed E-state index contributed by atoms with van der Waals surface area (Å²) in [7, 11) is 0. The Labute approximate surface area is 270 Å². The number of nitrogens with zero attached hydrogens (tertiary/aromatic N) is 3. The van der Waals surface area contributed by atoms with E-state index in [9.17, 15) is 19.5 Å². The van der Waals surface area contributed by atoms with E-state index in [-0.39, 0.29) is 44.0 Å². The molecule has 1 N–H and O–H groups in total. The molecule has 2 aromatic rings. The van der Waals surface area contributed by atoms with Gasteiger partial charge in [0.25, 0.3) is 5.91 Å². The van der Waals surface area contributed by atoms with Gasteiger partial charge < -0.3 is 29.3 Å². The molecule has 3 aliphatic rings. The maximum atomic E-state index is 14.7. The average Bonchev–Trinajstić information content (AvgIpc) is 3.60. The molecule has 0 aliphatic carbocycles. The number of halogens is 1. The predicted octanol–water partition coefficient (Wildman–Crippen LogP) is 5.01. The van der Waals surface area contributed by atoms with Gasteiger partial charge in [0.2, 0.25) is 11.8 Å². The van der Waals surface area contributed by atoms with Gasteiger partial charge in [-0.1, -0.05) is 23.8 Å². The molecule has 45 heavy (non-hydrogen) atoms. The molecule has 9 nitrogen and oxygen atoms in total. The highest BCUT2D eigenvalue weighted by molar-refractivity contribution is 6.30. The number of unbranched alkanes of at least 4 members (excludes halogenated alkanes) is 1. The highest BCUT2D eigenvalue weighted by Crippen LogP contribution is 2.63. The Bertz CT molecular complexity index is 1430. The summed E-state index contributed by atoms with van der Waals surface area (Å²) in [6.45, 7) is 12.7. The van der Waals surface area contributed by atoms with E-state index in [1.165, 1.54) is 0 Å². The normalized spacial score (nSPS) is 26.4. The van der Waals surface area contributed by atoms with E-state index in [2.05, 4.69) is 13.2 Å². The topological polar surface area (TPSA) is 99.6 Å². The summed E-state index contributed by atoms with van der Waals surface area (Å²) < 4.78 is 12.4. The molecule has 3 amide bonds. The van der Waals surface area contributed by atoms with Crippen molar-refractivity contribution in [3.8, 4) is 5.75 Å². The number of ether oxygens (including phenoxy) is 2. The second-order valence-corrected chi connectivity index (χ2v) is 12.5. The van der Waals surface area contributed by atoms with Gasteiger partial charge in [-0.3, -0.25) is 14.4 Å². The van der Waals surface area contributed by atoms with Crippen molar-refractivity contribution in [3.05, 3.63) is 78.9 Å². The average molecular weight is 636 g/mol. The molecule has 3 aliphatic heterocycles. The second-order valence-electron chi connectivity index (χ2n) is 12.1. The monoisotopic (exact) mass is 635 g/mol. The van der Waals surface area contributed by atoms with Gasteiger partial charge >= 0.3 is 0 Å². The molecule has 240 valence electrons. The number of carbonyl (C=O) groups is 3. The number of benzene rings is 2. The molecular formula is C35H42ClN3O6. The van der Waals surface area contributed by atoms with Gasteiger partial charge in [0, 0.05) is 42.6 Å². The molecular weight excluding hydrogens is 594 g/mol. The van der Waals surface area contributed by atoms with Crippen molar-refractivity contribution in [1.82, 2.24) is 4.90 Å². The maximum Gasteiger partial charge on any atom is 0.253 e. The third kappa shape index (κ3) is 5.77. The van der Waals surface area contributed by atoms with Crippen LogP contribution in [0.4, 0.5) is 11.4 Å². The smallest absolute Gasteiger partial charge is 0.253 e. The summed E-state index contributed by atoms with van der Waals surface area (Å²) in [6, 6.07) is 13.3. The Kier molecular flexibility index (Phi) is 9.72. The Hall–Kier alpha value is -3.66. The van der Waals surface area contributed by atoms with Gasteiger partial charge in [-0.2, -0.15) is 0 Å². The molecule has 3 fully saturated rings. The minimum Gasteiger partial charge on any atom is -0.494 e. The number of carbonyl (C=O) groups excluding carboxylic acids is 3. The molecule has 0 radical (unpaired) electrons. The molecule has 3 saturated heterocycles. The van der Waals surface area contributed by atoms with Crippen LogP contribution in [0.5, 0.6) is 5.75 Å². The number of hydrogen-bond acceptors (Lipinski definition) is 6. The van der Waals surface area contributed by atoms with Gasteiger partial charge in [-0.25, -0.2) is 0 Å². The van der Waals surface area contributed by atoms with E-state index in [1.807, 2.05) is 38.1 Å². The lowest BCUT2D eigenvalue weighted by Gasteiger charge is -2.37. The lowest BCUT2D eigenvalue weighted by atomic mass is 9.66. The minimum absolute atomic E-state index is 0.0309. The van der Waals surface area contributed by atoms with Gasteiger partial charge in [0.05, 0.1) is 24.0 Å². The van der Waals surface area contributed by atoms with Crippen molar-refractivity contribution < 1.29 is 29.0 Å². The predicted molar refractivity (Wildman–Crippen MR) is 174 cm³/mol. The van der Waals surface area contributed by atoms with Crippen LogP contribution in [0.1, 0.15) is 39.5 Å². The van der Waals surface area contributed by atoms with Crippen molar-refractivity contribution in [3.63, 3.8) is 0 Å². The largest absolute Gasteiger partial charge is 0.494 e. The fourth-order valence-electron chi connectivity index (χ4n) is 7.44. The van der Waals surface area contributed by atoms with Crippen LogP contribution in [0.3, 0.4) is 0 Å². The van der Waals surface area contributed by atoms with Crippen LogP contribution in [-0.2, 0) is 19.1 Å². The van der Waals surface area contributed by atoms with Crippen LogP contribution in [0, 0.1) is 11.8 Å². The van der Waals surface area contributed by atoms with Crippen molar-refractivity contribution in [2.45, 2.75) is 56.8 Å². The Balaban J connectivity index is 1.55. The SMILES string of the molecule is C=CCN(C(=O)C1N(CCCCO)C(=O)[C@@H]2[C@H](C(=O)N(CC=C)c3ccc(OCC)cc3)[C@]3(C)CCC12O3)c1ccc(Cl)cc1. The van der Waals surface area contributed by atoms with E-state index in [0.717, 1.165) is 0 Å². The third-order valence-corrected chi connectivity index (χ3v) is 9.59. The van der Waals surface area contributed by atoms with Gasteiger partial charge in [-0.15, -0.1) is 13.2 Å². The van der Waals surface area contributed by atoms with E-state index in [1.54, 1.807) is 51.1 Å². The Morgan fingerprint density at radius 1 is 1.02 bits per heavy atom. The minimum atomic E-state index is -1.19. The maximum absolute atomic E-state index is 14.7. The molecule has 2 aromatic carbocycles. The molecule has 2 bridgehead atoms. The fraction of sp³-hybridized carbons (Fsp3) is 0.457. The van der Waals surface area contributed by atoms with Crippen LogP contribution >= 0.6 is 11.6 Å². The Morgan fingerprint density at radius 2 is 1.62 bits per heavy atom. The summed E-state index contributed by atoms with van der Waals surface area (Å²) >= 11 is 6.15. The lowest BCUT2D eigenvalue weighted by molar-refractivity contribution is -0.144. The van der Waals surface area contributed by atoms with Crippen LogP contribution in [-0.4, -0.2) is 77.8 Å². The van der Waals surface area contributed by atoms with Gasteiger partial charge in [0.1, 0.15) is 17.4 Å². The number of hydrogen-bond donors (Lipinski definition) is 1. The van der Waals surface area contributed by atoms with E-state index in [0.29, 0.717) is 54.4 Å². The van der Waals surface area contributed by atoms with Crippen LogP contribution in [0.2, 0.25) is 5.02 Å². The van der Waals surface area contributed by atoms with E-state index in [4.69, 9.17) is 21.1 Å². The fourth-order valence-corrected chi connectivity index (χ4v) is 7.57. The number of aliphatic hydroxyl groups excluding tert-OH is 1. The van der Waals surface area contributed by atoms with Crippen molar-refractivity contribution in [1.29, 1.82) is 0 Å². The first-order valence-corrected chi connectivity index (χ1v) is 16.0. The zero-order valence-corrected chi connectivity index (χ0v) is 26.7. The van der Waals surface area contributed by atoms with E-state index < -0.39 is 29.1 Å². The number of amides is 3. The first kappa shape index (κ1) is 32.7. The van der Waals surface area contributed by atoms with Crippen LogP contribution in [0.25, 0.3) is 0 Å². The first-order chi connectivity index (χ1) is 21.7. The van der Waals surface area contributed by atoms with Gasteiger partial charge in [-0.05, 0) is 88.1 Å².